The van der Waals surface area contributed by atoms with Crippen LogP contribution in [0.15, 0.2) is 12.4 Å². The molecule has 0 aromatic carbocycles. The van der Waals surface area contributed by atoms with E-state index in [1.807, 2.05) is 6.92 Å². The molecule has 4 heteroatoms. The number of rotatable bonds is 2. The summed E-state index contributed by atoms with van der Waals surface area (Å²) in [4.78, 5) is 10.4. The highest BCUT2D eigenvalue weighted by atomic mass is 16.4. The zero-order valence-electron chi connectivity index (χ0n) is 6.48. The molecule has 0 aliphatic rings. The monoisotopic (exact) mass is 154 g/mol. The van der Waals surface area contributed by atoms with Gasteiger partial charge in [0.2, 0.25) is 0 Å². The average Bonchev–Trinajstić information content (AvgIpc) is 2.34. The van der Waals surface area contributed by atoms with E-state index >= 15 is 0 Å². The first-order valence-corrected chi connectivity index (χ1v) is 3.35. The zero-order chi connectivity index (χ0) is 8.43. The lowest BCUT2D eigenvalue weighted by Gasteiger charge is -2.04. The van der Waals surface area contributed by atoms with Gasteiger partial charge >= 0.3 is 5.97 Å². The maximum absolute atomic E-state index is 10.4. The van der Waals surface area contributed by atoms with Crippen molar-refractivity contribution < 1.29 is 9.90 Å². The number of hydrogen-bond acceptors (Lipinski definition) is 2. The lowest BCUT2D eigenvalue weighted by Crippen LogP contribution is -2.15. The minimum Gasteiger partial charge on any atom is -0.480 e. The predicted molar refractivity (Wildman–Crippen MR) is 39.3 cm³/mol. The lowest BCUT2D eigenvalue weighted by atomic mass is 10.3. The van der Waals surface area contributed by atoms with E-state index in [9.17, 15) is 4.79 Å². The number of aryl methyl sites for hydroxylation is 1. The fourth-order valence-electron chi connectivity index (χ4n) is 0.758. The van der Waals surface area contributed by atoms with Crippen molar-refractivity contribution >= 4 is 5.97 Å². The van der Waals surface area contributed by atoms with Crippen molar-refractivity contribution in [2.24, 2.45) is 0 Å². The van der Waals surface area contributed by atoms with E-state index in [1.165, 1.54) is 4.68 Å². The van der Waals surface area contributed by atoms with Crippen molar-refractivity contribution in [3.63, 3.8) is 0 Å². The Morgan fingerprint density at radius 2 is 2.45 bits per heavy atom. The number of carboxylic acids is 1. The zero-order valence-corrected chi connectivity index (χ0v) is 6.48. The summed E-state index contributed by atoms with van der Waals surface area (Å²) in [6.07, 6.45) is 3.35. The van der Waals surface area contributed by atoms with Gasteiger partial charge in [0.1, 0.15) is 6.04 Å². The molecule has 1 N–H and O–H groups in total. The summed E-state index contributed by atoms with van der Waals surface area (Å²) in [6.45, 7) is 3.47. The molecule has 1 rings (SSSR count). The van der Waals surface area contributed by atoms with E-state index < -0.39 is 12.0 Å². The SMILES string of the molecule is Cc1cnn([C@H](C)C(=O)O)c1. The summed E-state index contributed by atoms with van der Waals surface area (Å²) in [6, 6.07) is -0.580. The van der Waals surface area contributed by atoms with Gasteiger partial charge in [0.25, 0.3) is 0 Å². The van der Waals surface area contributed by atoms with Gasteiger partial charge in [-0.25, -0.2) is 4.79 Å². The first kappa shape index (κ1) is 7.78. The molecule has 0 radical (unpaired) electrons. The number of aromatic nitrogens is 2. The van der Waals surface area contributed by atoms with Crippen LogP contribution in [0.5, 0.6) is 0 Å². The van der Waals surface area contributed by atoms with Crippen LogP contribution in [-0.4, -0.2) is 20.9 Å². The summed E-state index contributed by atoms with van der Waals surface area (Å²) in [5.74, 6) is -0.867. The second-order valence-electron chi connectivity index (χ2n) is 2.51. The molecule has 1 atom stereocenters. The van der Waals surface area contributed by atoms with Crippen LogP contribution in [0.2, 0.25) is 0 Å². The molecular formula is C7H10N2O2. The van der Waals surface area contributed by atoms with Gasteiger partial charge in [-0.3, -0.25) is 4.68 Å². The van der Waals surface area contributed by atoms with E-state index in [1.54, 1.807) is 19.3 Å². The minimum absolute atomic E-state index is 0.580. The smallest absolute Gasteiger partial charge is 0.328 e. The van der Waals surface area contributed by atoms with Crippen LogP contribution in [0.1, 0.15) is 18.5 Å². The van der Waals surface area contributed by atoms with Crippen LogP contribution in [0.3, 0.4) is 0 Å². The van der Waals surface area contributed by atoms with Gasteiger partial charge in [-0.15, -0.1) is 0 Å². The van der Waals surface area contributed by atoms with Crippen molar-refractivity contribution in [2.45, 2.75) is 19.9 Å². The molecule has 0 spiro atoms. The van der Waals surface area contributed by atoms with Crippen molar-refractivity contribution in [2.75, 3.05) is 0 Å². The van der Waals surface area contributed by atoms with Gasteiger partial charge < -0.3 is 5.11 Å². The second kappa shape index (κ2) is 2.74. The van der Waals surface area contributed by atoms with Crippen molar-refractivity contribution in [3.05, 3.63) is 18.0 Å². The Balaban J connectivity index is 2.84. The van der Waals surface area contributed by atoms with Crippen LogP contribution in [0.25, 0.3) is 0 Å². The summed E-state index contributed by atoms with van der Waals surface area (Å²) in [7, 11) is 0. The summed E-state index contributed by atoms with van der Waals surface area (Å²) >= 11 is 0. The number of carboxylic acid groups (broad SMARTS) is 1. The third-order valence-corrected chi connectivity index (χ3v) is 1.48. The maximum atomic E-state index is 10.4. The van der Waals surface area contributed by atoms with Crippen LogP contribution >= 0.6 is 0 Å². The fourth-order valence-corrected chi connectivity index (χ4v) is 0.758. The molecule has 1 aromatic heterocycles. The Kier molecular flexibility index (Phi) is 1.94. The van der Waals surface area contributed by atoms with E-state index in [2.05, 4.69) is 5.10 Å². The first-order valence-electron chi connectivity index (χ1n) is 3.35. The van der Waals surface area contributed by atoms with Gasteiger partial charge in [-0.1, -0.05) is 0 Å². The lowest BCUT2D eigenvalue weighted by molar-refractivity contribution is -0.140. The highest BCUT2D eigenvalue weighted by Gasteiger charge is 2.12. The van der Waals surface area contributed by atoms with Crippen LogP contribution in [0, 0.1) is 6.92 Å². The largest absolute Gasteiger partial charge is 0.480 e. The van der Waals surface area contributed by atoms with Gasteiger partial charge in [0.05, 0.1) is 6.20 Å². The quantitative estimate of drug-likeness (QED) is 0.686. The molecule has 0 amide bonds. The Hall–Kier alpha value is -1.32. The average molecular weight is 154 g/mol. The van der Waals surface area contributed by atoms with Crippen LogP contribution < -0.4 is 0 Å². The van der Waals surface area contributed by atoms with Gasteiger partial charge in [0, 0.05) is 6.20 Å². The fraction of sp³-hybridized carbons (Fsp3) is 0.429. The van der Waals surface area contributed by atoms with Gasteiger partial charge in [-0.05, 0) is 19.4 Å². The van der Waals surface area contributed by atoms with Gasteiger partial charge in [0.15, 0.2) is 0 Å². The molecular weight excluding hydrogens is 144 g/mol. The van der Waals surface area contributed by atoms with Crippen molar-refractivity contribution in [1.82, 2.24) is 9.78 Å². The molecule has 0 saturated heterocycles. The maximum Gasteiger partial charge on any atom is 0.328 e. The predicted octanol–water partition coefficient (Wildman–Crippen LogP) is 0.837. The Morgan fingerprint density at radius 1 is 1.82 bits per heavy atom. The normalized spacial score (nSPS) is 12.9. The molecule has 60 valence electrons. The second-order valence-corrected chi connectivity index (χ2v) is 2.51. The first-order chi connectivity index (χ1) is 5.11. The molecule has 1 heterocycles. The standard InChI is InChI=1S/C7H10N2O2/c1-5-3-8-9(4-5)6(2)7(10)11/h3-4,6H,1-2H3,(H,10,11)/t6-/m1/s1. The third-order valence-electron chi connectivity index (χ3n) is 1.48. The van der Waals surface area contributed by atoms with Gasteiger partial charge in [-0.2, -0.15) is 5.10 Å². The Bertz CT molecular complexity index is 267. The number of hydrogen-bond donors (Lipinski definition) is 1. The third kappa shape index (κ3) is 1.58. The molecule has 0 aliphatic heterocycles. The molecule has 0 bridgehead atoms. The Labute approximate surface area is 64.5 Å². The van der Waals surface area contributed by atoms with Crippen molar-refractivity contribution in [1.29, 1.82) is 0 Å². The van der Waals surface area contributed by atoms with E-state index in [0.717, 1.165) is 5.56 Å². The summed E-state index contributed by atoms with van der Waals surface area (Å²) < 4.78 is 1.43. The Morgan fingerprint density at radius 3 is 2.82 bits per heavy atom. The highest BCUT2D eigenvalue weighted by Crippen LogP contribution is 2.04. The van der Waals surface area contributed by atoms with E-state index in [4.69, 9.17) is 5.11 Å². The number of carbonyl (C=O) groups is 1. The molecule has 0 unspecified atom stereocenters. The summed E-state index contributed by atoms with van der Waals surface area (Å²) in [5, 5.41) is 12.5. The van der Waals surface area contributed by atoms with E-state index in [-0.39, 0.29) is 0 Å². The number of aliphatic carboxylic acids is 1. The molecule has 4 nitrogen and oxygen atoms in total. The molecule has 1 aromatic rings. The molecule has 0 fully saturated rings. The topological polar surface area (TPSA) is 55.1 Å². The molecule has 11 heavy (non-hydrogen) atoms. The van der Waals surface area contributed by atoms with Crippen molar-refractivity contribution in [3.8, 4) is 0 Å². The van der Waals surface area contributed by atoms with E-state index in [0.29, 0.717) is 0 Å². The van der Waals surface area contributed by atoms with Crippen LogP contribution in [-0.2, 0) is 4.79 Å². The number of nitrogens with zero attached hydrogens (tertiary/aromatic N) is 2. The highest BCUT2D eigenvalue weighted by molar-refractivity contribution is 5.71. The molecule has 0 saturated carbocycles. The van der Waals surface area contributed by atoms with Crippen LogP contribution in [0.4, 0.5) is 0 Å². The summed E-state index contributed by atoms with van der Waals surface area (Å²) in [5.41, 5.74) is 0.970. The minimum atomic E-state index is -0.867. The molecule has 0 aliphatic carbocycles.